The van der Waals surface area contributed by atoms with E-state index in [4.69, 9.17) is 14.6 Å². The van der Waals surface area contributed by atoms with E-state index in [2.05, 4.69) is 0 Å². The molecule has 0 aliphatic rings. The number of ether oxygens (including phenoxy) is 2. The first-order valence-electron chi connectivity index (χ1n) is 7.38. The molecule has 118 valence electrons. The summed E-state index contributed by atoms with van der Waals surface area (Å²) >= 11 is 0. The van der Waals surface area contributed by atoms with Crippen molar-refractivity contribution in [3.63, 3.8) is 0 Å². The summed E-state index contributed by atoms with van der Waals surface area (Å²) < 4.78 is 11.0. The van der Waals surface area contributed by atoms with Gasteiger partial charge in [-0.25, -0.2) is 0 Å². The molecule has 0 aromatic heterocycles. The lowest BCUT2D eigenvalue weighted by Crippen LogP contribution is -2.39. The highest BCUT2D eigenvalue weighted by Gasteiger charge is 2.15. The van der Waals surface area contributed by atoms with Gasteiger partial charge in [0.05, 0.1) is 13.2 Å². The quantitative estimate of drug-likeness (QED) is 0.719. The maximum atomic E-state index is 10.9. The van der Waals surface area contributed by atoms with Gasteiger partial charge in [0.15, 0.2) is 0 Å². The van der Waals surface area contributed by atoms with Crippen LogP contribution in [0.3, 0.4) is 0 Å². The van der Waals surface area contributed by atoms with Gasteiger partial charge in [0.2, 0.25) is 0 Å². The van der Waals surface area contributed by atoms with E-state index >= 15 is 0 Å². The molecule has 21 heavy (non-hydrogen) atoms. The zero-order valence-electron chi connectivity index (χ0n) is 13.0. The maximum absolute atomic E-state index is 10.9. The van der Waals surface area contributed by atoms with E-state index in [-0.39, 0.29) is 12.6 Å². The minimum atomic E-state index is -0.809. The van der Waals surface area contributed by atoms with Crippen molar-refractivity contribution in [3.8, 4) is 11.5 Å². The molecule has 5 nitrogen and oxygen atoms in total. The van der Waals surface area contributed by atoms with Gasteiger partial charge in [-0.2, -0.15) is 0 Å². The molecule has 0 radical (unpaired) electrons. The monoisotopic (exact) mass is 295 g/mol. The zero-order valence-corrected chi connectivity index (χ0v) is 13.0. The first kappa shape index (κ1) is 17.3. The van der Waals surface area contributed by atoms with Crippen molar-refractivity contribution in [1.82, 2.24) is 4.90 Å². The molecule has 1 aromatic rings. The molecule has 5 heteroatoms. The van der Waals surface area contributed by atoms with E-state index in [0.717, 1.165) is 17.9 Å². The molecule has 0 bridgehead atoms. The normalized spacial score (nSPS) is 12.2. The van der Waals surface area contributed by atoms with E-state index in [0.29, 0.717) is 19.8 Å². The molecule has 1 rings (SSSR count). The fourth-order valence-electron chi connectivity index (χ4n) is 1.97. The topological polar surface area (TPSA) is 59.0 Å². The number of rotatable bonds is 10. The predicted molar refractivity (Wildman–Crippen MR) is 82.1 cm³/mol. The third kappa shape index (κ3) is 6.49. The summed E-state index contributed by atoms with van der Waals surface area (Å²) in [6.45, 7) is 7.75. The number of benzene rings is 1. The Kier molecular flexibility index (Phi) is 7.61. The third-order valence-electron chi connectivity index (χ3n) is 3.33. The van der Waals surface area contributed by atoms with Crippen molar-refractivity contribution in [2.24, 2.45) is 0 Å². The molecule has 0 amide bonds. The van der Waals surface area contributed by atoms with Crippen LogP contribution in [0.25, 0.3) is 0 Å². The van der Waals surface area contributed by atoms with Crippen molar-refractivity contribution in [1.29, 1.82) is 0 Å². The molecule has 0 spiro atoms. The van der Waals surface area contributed by atoms with Crippen LogP contribution in [0.4, 0.5) is 0 Å². The second-order valence-electron chi connectivity index (χ2n) is 4.87. The SMILES string of the molecule is CCOc1ccc(OCCN(CC(=O)O)C(C)CC)cc1. The summed E-state index contributed by atoms with van der Waals surface area (Å²) in [4.78, 5) is 12.8. The lowest BCUT2D eigenvalue weighted by molar-refractivity contribution is -0.139. The van der Waals surface area contributed by atoms with E-state index in [1.165, 1.54) is 0 Å². The van der Waals surface area contributed by atoms with Crippen LogP contribution in [0, 0.1) is 0 Å². The highest BCUT2D eigenvalue weighted by Crippen LogP contribution is 2.17. The lowest BCUT2D eigenvalue weighted by Gasteiger charge is -2.26. The van der Waals surface area contributed by atoms with Gasteiger partial charge in [-0.1, -0.05) is 6.92 Å². The van der Waals surface area contributed by atoms with Gasteiger partial charge >= 0.3 is 5.97 Å². The summed E-state index contributed by atoms with van der Waals surface area (Å²) in [6, 6.07) is 7.67. The third-order valence-corrected chi connectivity index (χ3v) is 3.33. The van der Waals surface area contributed by atoms with Crippen LogP contribution < -0.4 is 9.47 Å². The van der Waals surface area contributed by atoms with Crippen molar-refractivity contribution in [2.75, 3.05) is 26.3 Å². The number of nitrogens with zero attached hydrogens (tertiary/aromatic N) is 1. The number of carboxylic acids is 1. The van der Waals surface area contributed by atoms with Crippen LogP contribution in [0.15, 0.2) is 24.3 Å². The molecule has 0 saturated carbocycles. The number of carbonyl (C=O) groups is 1. The minimum Gasteiger partial charge on any atom is -0.494 e. The number of hydrogen-bond acceptors (Lipinski definition) is 4. The van der Waals surface area contributed by atoms with Crippen LogP contribution in [0.5, 0.6) is 11.5 Å². The maximum Gasteiger partial charge on any atom is 0.317 e. The van der Waals surface area contributed by atoms with Crippen molar-refractivity contribution in [3.05, 3.63) is 24.3 Å². The molecule has 0 heterocycles. The molecule has 0 saturated heterocycles. The first-order chi connectivity index (χ1) is 10.1. The van der Waals surface area contributed by atoms with Gasteiger partial charge < -0.3 is 14.6 Å². The Bertz CT molecular complexity index is 419. The van der Waals surface area contributed by atoms with E-state index < -0.39 is 5.97 Å². The smallest absolute Gasteiger partial charge is 0.317 e. The number of hydrogen-bond donors (Lipinski definition) is 1. The molecule has 0 aliphatic heterocycles. The van der Waals surface area contributed by atoms with Crippen molar-refractivity contribution < 1.29 is 19.4 Å². The van der Waals surface area contributed by atoms with Gasteiger partial charge in [0, 0.05) is 12.6 Å². The molecular formula is C16H25NO4. The van der Waals surface area contributed by atoms with E-state index in [9.17, 15) is 4.79 Å². The predicted octanol–water partition coefficient (Wildman–Crippen LogP) is 2.65. The Morgan fingerprint density at radius 1 is 1.19 bits per heavy atom. The Morgan fingerprint density at radius 3 is 2.24 bits per heavy atom. The summed E-state index contributed by atoms with van der Waals surface area (Å²) in [5.41, 5.74) is 0. The zero-order chi connectivity index (χ0) is 15.7. The summed E-state index contributed by atoms with van der Waals surface area (Å²) in [5, 5.41) is 8.93. The van der Waals surface area contributed by atoms with Crippen molar-refractivity contribution >= 4 is 5.97 Å². The van der Waals surface area contributed by atoms with Crippen LogP contribution >= 0.6 is 0 Å². The summed E-state index contributed by atoms with van der Waals surface area (Å²) in [7, 11) is 0. The van der Waals surface area contributed by atoms with E-state index in [1.807, 2.05) is 49.9 Å². The molecular weight excluding hydrogens is 270 g/mol. The average molecular weight is 295 g/mol. The first-order valence-corrected chi connectivity index (χ1v) is 7.38. The molecule has 1 N–H and O–H groups in total. The molecule has 0 aliphatic carbocycles. The second kappa shape index (κ2) is 9.23. The minimum absolute atomic E-state index is 0.0433. The lowest BCUT2D eigenvalue weighted by atomic mass is 10.2. The second-order valence-corrected chi connectivity index (χ2v) is 4.87. The number of aliphatic carboxylic acids is 1. The fourth-order valence-corrected chi connectivity index (χ4v) is 1.97. The molecule has 1 aromatic carbocycles. The molecule has 0 fully saturated rings. The van der Waals surface area contributed by atoms with Crippen LogP contribution in [-0.2, 0) is 4.79 Å². The Morgan fingerprint density at radius 2 is 1.76 bits per heavy atom. The standard InChI is InChI=1S/C16H25NO4/c1-4-13(3)17(12-16(18)19)10-11-21-15-8-6-14(7-9-15)20-5-2/h6-9,13H,4-5,10-12H2,1-3H3,(H,18,19). The largest absolute Gasteiger partial charge is 0.494 e. The highest BCUT2D eigenvalue weighted by atomic mass is 16.5. The van der Waals surface area contributed by atoms with Gasteiger partial charge in [0.1, 0.15) is 18.1 Å². The van der Waals surface area contributed by atoms with Crippen LogP contribution in [-0.4, -0.2) is 48.3 Å². The fraction of sp³-hybridized carbons (Fsp3) is 0.562. The highest BCUT2D eigenvalue weighted by molar-refractivity contribution is 5.69. The molecule has 1 unspecified atom stereocenters. The Balaban J connectivity index is 2.43. The van der Waals surface area contributed by atoms with E-state index in [1.54, 1.807) is 0 Å². The summed E-state index contributed by atoms with van der Waals surface area (Å²) in [6.07, 6.45) is 0.913. The van der Waals surface area contributed by atoms with Gasteiger partial charge in [-0.05, 0) is 44.5 Å². The van der Waals surface area contributed by atoms with Gasteiger partial charge in [-0.3, -0.25) is 9.69 Å². The van der Waals surface area contributed by atoms with Crippen molar-refractivity contribution in [2.45, 2.75) is 33.2 Å². The Hall–Kier alpha value is -1.75. The summed E-state index contributed by atoms with van der Waals surface area (Å²) in [5.74, 6) is 0.770. The van der Waals surface area contributed by atoms with Gasteiger partial charge in [0.25, 0.3) is 0 Å². The van der Waals surface area contributed by atoms with Crippen LogP contribution in [0.2, 0.25) is 0 Å². The Labute approximate surface area is 126 Å². The number of carboxylic acid groups (broad SMARTS) is 1. The average Bonchev–Trinajstić information content (AvgIpc) is 2.47. The molecule has 1 atom stereocenters. The van der Waals surface area contributed by atoms with Crippen LogP contribution in [0.1, 0.15) is 27.2 Å². The van der Waals surface area contributed by atoms with Gasteiger partial charge in [-0.15, -0.1) is 0 Å².